The number of hydrogen-bond donors (Lipinski definition) is 1. The summed E-state index contributed by atoms with van der Waals surface area (Å²) >= 11 is 0. The van der Waals surface area contributed by atoms with Crippen molar-refractivity contribution in [2.45, 2.75) is 19.6 Å². The zero-order chi connectivity index (χ0) is 18.8. The van der Waals surface area contributed by atoms with E-state index in [2.05, 4.69) is 10.4 Å². The number of hydrogen-bond acceptors (Lipinski definition) is 3. The zero-order valence-electron chi connectivity index (χ0n) is 13.9. The zero-order valence-corrected chi connectivity index (χ0v) is 13.9. The first-order chi connectivity index (χ1) is 11.6. The van der Waals surface area contributed by atoms with Crippen molar-refractivity contribution in [3.05, 3.63) is 47.3 Å². The monoisotopic (exact) mass is 354 g/mol. The fraction of sp³-hybridized carbons (Fsp3) is 0.312. The van der Waals surface area contributed by atoms with Crippen molar-refractivity contribution in [1.82, 2.24) is 14.7 Å². The summed E-state index contributed by atoms with van der Waals surface area (Å²) in [5.41, 5.74) is -0.785. The summed E-state index contributed by atoms with van der Waals surface area (Å²) in [5, 5.41) is 6.47. The fourth-order valence-corrected chi connectivity index (χ4v) is 2.19. The Balaban J connectivity index is 2.33. The van der Waals surface area contributed by atoms with Gasteiger partial charge in [0.15, 0.2) is 0 Å². The van der Waals surface area contributed by atoms with Crippen molar-refractivity contribution in [3.63, 3.8) is 0 Å². The van der Waals surface area contributed by atoms with Crippen LogP contribution in [0.2, 0.25) is 0 Å². The number of nitrogens with zero attached hydrogens (tertiary/aromatic N) is 3. The molecule has 0 fully saturated rings. The fourth-order valence-electron chi connectivity index (χ4n) is 2.19. The van der Waals surface area contributed by atoms with E-state index >= 15 is 0 Å². The molecule has 1 heterocycles. The SMILES string of the molecule is CCn1ncc(NC(=O)c2cccc(C(F)(F)F)c2)c1C(=O)N(C)C. The van der Waals surface area contributed by atoms with Crippen molar-refractivity contribution >= 4 is 17.5 Å². The number of carbonyl (C=O) groups is 2. The Hall–Kier alpha value is -2.84. The third kappa shape index (κ3) is 3.98. The molecule has 1 aromatic heterocycles. The molecule has 6 nitrogen and oxygen atoms in total. The molecule has 0 saturated heterocycles. The summed E-state index contributed by atoms with van der Waals surface area (Å²) in [6.07, 6.45) is -3.25. The number of aromatic nitrogens is 2. The molecule has 2 rings (SSSR count). The van der Waals surface area contributed by atoms with Crippen LogP contribution in [0.4, 0.5) is 18.9 Å². The van der Waals surface area contributed by atoms with Gasteiger partial charge in [0.1, 0.15) is 5.69 Å². The van der Waals surface area contributed by atoms with Crippen LogP contribution in [0.25, 0.3) is 0 Å². The molecule has 0 saturated carbocycles. The smallest absolute Gasteiger partial charge is 0.343 e. The number of rotatable bonds is 4. The summed E-state index contributed by atoms with van der Waals surface area (Å²) in [7, 11) is 3.10. The van der Waals surface area contributed by atoms with Crippen LogP contribution in [0.1, 0.15) is 33.3 Å². The summed E-state index contributed by atoms with van der Waals surface area (Å²) in [6, 6.07) is 4.06. The molecule has 0 aliphatic rings. The Morgan fingerprint density at radius 1 is 1.28 bits per heavy atom. The second kappa shape index (κ2) is 6.96. The van der Waals surface area contributed by atoms with Crippen molar-refractivity contribution in [2.75, 3.05) is 19.4 Å². The molecule has 2 aromatic rings. The first-order valence-electron chi connectivity index (χ1n) is 7.41. The van der Waals surface area contributed by atoms with Gasteiger partial charge in [-0.25, -0.2) is 0 Å². The van der Waals surface area contributed by atoms with Crippen LogP contribution < -0.4 is 5.32 Å². The lowest BCUT2D eigenvalue weighted by atomic mass is 10.1. The van der Waals surface area contributed by atoms with E-state index in [4.69, 9.17) is 0 Å². The van der Waals surface area contributed by atoms with E-state index < -0.39 is 17.6 Å². The van der Waals surface area contributed by atoms with E-state index in [0.29, 0.717) is 6.54 Å². The number of carbonyl (C=O) groups excluding carboxylic acids is 2. The Kier molecular flexibility index (Phi) is 5.15. The Bertz CT molecular complexity index is 797. The largest absolute Gasteiger partial charge is 0.416 e. The van der Waals surface area contributed by atoms with Crippen LogP contribution in [-0.2, 0) is 12.7 Å². The number of nitrogens with one attached hydrogen (secondary N) is 1. The molecule has 0 unspecified atom stereocenters. The third-order valence-corrected chi connectivity index (χ3v) is 3.45. The number of benzene rings is 1. The van der Waals surface area contributed by atoms with Gasteiger partial charge in [-0.3, -0.25) is 14.3 Å². The number of halogens is 3. The highest BCUT2D eigenvalue weighted by molar-refractivity contribution is 6.08. The number of alkyl halides is 3. The standard InChI is InChI=1S/C16H17F3N4O2/c1-4-23-13(15(25)22(2)3)12(9-20-23)21-14(24)10-6-5-7-11(8-10)16(17,18)19/h5-9H,4H2,1-3H3,(H,21,24). The predicted octanol–water partition coefficient (Wildman–Crippen LogP) is 2.88. The minimum Gasteiger partial charge on any atom is -0.343 e. The highest BCUT2D eigenvalue weighted by atomic mass is 19.4. The summed E-state index contributed by atoms with van der Waals surface area (Å²) in [6.45, 7) is 2.17. The normalized spacial score (nSPS) is 11.3. The van der Waals surface area contributed by atoms with E-state index in [1.807, 2.05) is 0 Å². The maximum atomic E-state index is 12.8. The van der Waals surface area contributed by atoms with Gasteiger partial charge in [-0.2, -0.15) is 18.3 Å². The molecular formula is C16H17F3N4O2. The lowest BCUT2D eigenvalue weighted by Crippen LogP contribution is -2.26. The highest BCUT2D eigenvalue weighted by Crippen LogP contribution is 2.29. The van der Waals surface area contributed by atoms with Crippen molar-refractivity contribution < 1.29 is 22.8 Å². The lowest BCUT2D eigenvalue weighted by molar-refractivity contribution is -0.137. The molecule has 25 heavy (non-hydrogen) atoms. The Morgan fingerprint density at radius 3 is 2.52 bits per heavy atom. The van der Waals surface area contributed by atoms with Crippen molar-refractivity contribution in [1.29, 1.82) is 0 Å². The van der Waals surface area contributed by atoms with Crippen LogP contribution in [0.3, 0.4) is 0 Å². The molecule has 134 valence electrons. The molecule has 0 aliphatic heterocycles. The molecule has 0 atom stereocenters. The topological polar surface area (TPSA) is 67.2 Å². The maximum absolute atomic E-state index is 12.8. The third-order valence-electron chi connectivity index (χ3n) is 3.45. The van der Waals surface area contributed by atoms with Gasteiger partial charge in [0.2, 0.25) is 0 Å². The molecule has 1 N–H and O–H groups in total. The van der Waals surface area contributed by atoms with E-state index in [1.165, 1.54) is 21.8 Å². The maximum Gasteiger partial charge on any atom is 0.416 e. The molecule has 9 heteroatoms. The van der Waals surface area contributed by atoms with Gasteiger partial charge in [0.05, 0.1) is 17.4 Å². The molecule has 1 aromatic carbocycles. The van der Waals surface area contributed by atoms with Crippen LogP contribution in [0.5, 0.6) is 0 Å². The number of anilines is 1. The van der Waals surface area contributed by atoms with Gasteiger partial charge in [-0.05, 0) is 25.1 Å². The van der Waals surface area contributed by atoms with Gasteiger partial charge in [-0.15, -0.1) is 0 Å². The summed E-state index contributed by atoms with van der Waals surface area (Å²) < 4.78 is 39.7. The van der Waals surface area contributed by atoms with E-state index in [9.17, 15) is 22.8 Å². The average molecular weight is 354 g/mol. The molecule has 2 amide bonds. The van der Waals surface area contributed by atoms with Crippen LogP contribution in [-0.4, -0.2) is 40.6 Å². The van der Waals surface area contributed by atoms with Gasteiger partial charge in [0.25, 0.3) is 11.8 Å². The first-order valence-corrected chi connectivity index (χ1v) is 7.41. The van der Waals surface area contributed by atoms with E-state index in [-0.39, 0.29) is 22.9 Å². The molecular weight excluding hydrogens is 337 g/mol. The second-order valence-electron chi connectivity index (χ2n) is 5.45. The average Bonchev–Trinajstić information content (AvgIpc) is 2.95. The molecule has 0 aliphatic carbocycles. The van der Waals surface area contributed by atoms with Crippen LogP contribution >= 0.6 is 0 Å². The van der Waals surface area contributed by atoms with Gasteiger partial charge < -0.3 is 10.2 Å². The van der Waals surface area contributed by atoms with Crippen LogP contribution in [0.15, 0.2) is 30.5 Å². The molecule has 0 radical (unpaired) electrons. The number of amides is 2. The first kappa shape index (κ1) is 18.5. The van der Waals surface area contributed by atoms with Crippen LogP contribution in [0, 0.1) is 0 Å². The summed E-state index contributed by atoms with van der Waals surface area (Å²) in [4.78, 5) is 25.9. The molecule has 0 spiro atoms. The lowest BCUT2D eigenvalue weighted by Gasteiger charge is -2.14. The van der Waals surface area contributed by atoms with Crippen molar-refractivity contribution in [2.24, 2.45) is 0 Å². The summed E-state index contributed by atoms with van der Waals surface area (Å²) in [5.74, 6) is -1.13. The van der Waals surface area contributed by atoms with Gasteiger partial charge in [-0.1, -0.05) is 6.07 Å². The molecule has 0 bridgehead atoms. The highest BCUT2D eigenvalue weighted by Gasteiger charge is 2.31. The minimum absolute atomic E-state index is 0.142. The Morgan fingerprint density at radius 2 is 1.96 bits per heavy atom. The number of aryl methyl sites for hydroxylation is 1. The van der Waals surface area contributed by atoms with E-state index in [1.54, 1.807) is 21.0 Å². The second-order valence-corrected chi connectivity index (χ2v) is 5.45. The van der Waals surface area contributed by atoms with Crippen molar-refractivity contribution in [3.8, 4) is 0 Å². The van der Waals surface area contributed by atoms with E-state index in [0.717, 1.165) is 18.2 Å². The predicted molar refractivity (Wildman–Crippen MR) is 85.3 cm³/mol. The Labute approximate surface area is 142 Å². The van der Waals surface area contributed by atoms with Gasteiger partial charge >= 0.3 is 6.18 Å². The van der Waals surface area contributed by atoms with Gasteiger partial charge in [0, 0.05) is 26.2 Å². The quantitative estimate of drug-likeness (QED) is 0.918. The minimum atomic E-state index is -4.55.